The van der Waals surface area contributed by atoms with E-state index in [2.05, 4.69) is 17.3 Å². The van der Waals surface area contributed by atoms with Gasteiger partial charge in [-0.15, -0.1) is 0 Å². The molecule has 2 rings (SSSR count). The van der Waals surface area contributed by atoms with E-state index in [0.29, 0.717) is 6.42 Å². The van der Waals surface area contributed by atoms with Crippen molar-refractivity contribution in [2.75, 3.05) is 11.6 Å². The Kier molecular flexibility index (Phi) is 3.75. The number of hydrogen-bond donors (Lipinski definition) is 1. The van der Waals surface area contributed by atoms with E-state index in [0.717, 1.165) is 30.9 Å². The van der Waals surface area contributed by atoms with E-state index in [9.17, 15) is 4.79 Å². The van der Waals surface area contributed by atoms with Crippen LogP contribution in [0, 0.1) is 0 Å². The molecular formula is C13H17N3O. The van der Waals surface area contributed by atoms with Gasteiger partial charge in [0.2, 0.25) is 0 Å². The van der Waals surface area contributed by atoms with Gasteiger partial charge in [0.25, 0.3) is 5.91 Å². The van der Waals surface area contributed by atoms with E-state index in [4.69, 9.17) is 0 Å². The summed E-state index contributed by atoms with van der Waals surface area (Å²) in [5, 5.41) is 1.56. The first-order chi connectivity index (χ1) is 8.31. The number of amides is 1. The molecule has 1 saturated heterocycles. The lowest BCUT2D eigenvalue weighted by atomic mass is 10.3. The van der Waals surface area contributed by atoms with Gasteiger partial charge in [-0.05, 0) is 18.6 Å². The molecule has 0 aromatic heterocycles. The monoisotopic (exact) mass is 231 g/mol. The fraction of sp³-hybridized carbons (Fsp3) is 0.385. The molecule has 0 spiro atoms. The number of amidine groups is 1. The van der Waals surface area contributed by atoms with Crippen LogP contribution in [-0.2, 0) is 4.79 Å². The Bertz CT molecular complexity index is 414. The second-order valence-corrected chi connectivity index (χ2v) is 4.04. The number of rotatable bonds is 4. The summed E-state index contributed by atoms with van der Waals surface area (Å²) in [5.41, 5.74) is 3.91. The molecule has 0 aliphatic carbocycles. The van der Waals surface area contributed by atoms with Crippen molar-refractivity contribution in [1.29, 1.82) is 0 Å². The van der Waals surface area contributed by atoms with Crippen LogP contribution in [0.1, 0.15) is 26.2 Å². The van der Waals surface area contributed by atoms with Crippen molar-refractivity contribution >= 4 is 17.4 Å². The standard InChI is InChI=1S/C13H17N3O/c1-2-3-9-14-12-10-13(17)16(15-12)11-7-5-4-6-8-11/h4-8H,2-3,9-10H2,1H3,(H,14,15). The number of benzene rings is 1. The summed E-state index contributed by atoms with van der Waals surface area (Å²) in [6, 6.07) is 9.56. The van der Waals surface area contributed by atoms with Crippen molar-refractivity contribution in [3.63, 3.8) is 0 Å². The molecule has 1 aromatic carbocycles. The smallest absolute Gasteiger partial charge is 0.253 e. The minimum Gasteiger partial charge on any atom is -0.278 e. The average Bonchev–Trinajstić information content (AvgIpc) is 2.72. The zero-order valence-corrected chi connectivity index (χ0v) is 10.0. The first-order valence-corrected chi connectivity index (χ1v) is 5.99. The summed E-state index contributed by atoms with van der Waals surface area (Å²) in [4.78, 5) is 16.2. The molecule has 0 radical (unpaired) electrons. The molecule has 1 fully saturated rings. The van der Waals surface area contributed by atoms with Crippen LogP contribution in [0.5, 0.6) is 0 Å². The van der Waals surface area contributed by atoms with Crippen molar-refractivity contribution in [3.05, 3.63) is 30.3 Å². The Hall–Kier alpha value is -1.84. The van der Waals surface area contributed by atoms with E-state index >= 15 is 0 Å². The highest BCUT2D eigenvalue weighted by molar-refractivity contribution is 6.13. The van der Waals surface area contributed by atoms with Gasteiger partial charge in [-0.3, -0.25) is 15.2 Å². The first-order valence-electron chi connectivity index (χ1n) is 5.99. The maximum absolute atomic E-state index is 11.8. The molecule has 0 unspecified atom stereocenters. The molecule has 4 nitrogen and oxygen atoms in total. The minimum atomic E-state index is 0.0476. The third-order valence-corrected chi connectivity index (χ3v) is 2.64. The van der Waals surface area contributed by atoms with Crippen LogP contribution in [0.15, 0.2) is 35.3 Å². The Morgan fingerprint density at radius 2 is 2.12 bits per heavy atom. The lowest BCUT2D eigenvalue weighted by Gasteiger charge is -2.15. The average molecular weight is 231 g/mol. The number of carbonyl (C=O) groups is 1. The summed E-state index contributed by atoms with van der Waals surface area (Å²) in [6.45, 7) is 2.92. The van der Waals surface area contributed by atoms with Crippen LogP contribution in [0.3, 0.4) is 0 Å². The maximum atomic E-state index is 11.8. The van der Waals surface area contributed by atoms with Crippen LogP contribution in [0.4, 0.5) is 5.69 Å². The van der Waals surface area contributed by atoms with Gasteiger partial charge in [0, 0.05) is 6.54 Å². The number of anilines is 1. The van der Waals surface area contributed by atoms with Crippen LogP contribution in [0.2, 0.25) is 0 Å². The SMILES string of the molecule is CCCCN=C1CC(=O)N(c2ccccc2)N1. The van der Waals surface area contributed by atoms with Gasteiger partial charge in [0.15, 0.2) is 0 Å². The van der Waals surface area contributed by atoms with Gasteiger partial charge < -0.3 is 0 Å². The van der Waals surface area contributed by atoms with E-state index < -0.39 is 0 Å². The maximum Gasteiger partial charge on any atom is 0.253 e. The lowest BCUT2D eigenvalue weighted by molar-refractivity contribution is -0.116. The highest BCUT2D eigenvalue weighted by Crippen LogP contribution is 2.16. The largest absolute Gasteiger partial charge is 0.278 e. The first kappa shape index (κ1) is 11.6. The summed E-state index contributed by atoms with van der Waals surface area (Å²) in [7, 11) is 0. The molecule has 1 aromatic rings. The summed E-state index contributed by atoms with van der Waals surface area (Å²) in [6.07, 6.45) is 2.55. The van der Waals surface area contributed by atoms with Crippen molar-refractivity contribution < 1.29 is 4.79 Å². The Balaban J connectivity index is 2.03. The molecule has 0 bridgehead atoms. The number of carbonyl (C=O) groups excluding carboxylic acids is 1. The number of aliphatic imine (C=N–C) groups is 1. The number of nitrogens with zero attached hydrogens (tertiary/aromatic N) is 2. The van der Waals surface area contributed by atoms with Gasteiger partial charge in [0.1, 0.15) is 5.84 Å². The van der Waals surface area contributed by atoms with Gasteiger partial charge in [0.05, 0.1) is 12.1 Å². The molecule has 0 saturated carbocycles. The fourth-order valence-corrected chi connectivity index (χ4v) is 1.70. The van der Waals surface area contributed by atoms with Crippen molar-refractivity contribution in [3.8, 4) is 0 Å². The highest BCUT2D eigenvalue weighted by atomic mass is 16.2. The number of para-hydroxylation sites is 1. The zero-order chi connectivity index (χ0) is 12.1. The van der Waals surface area contributed by atoms with Crippen LogP contribution in [-0.4, -0.2) is 18.3 Å². The molecule has 1 amide bonds. The van der Waals surface area contributed by atoms with E-state index in [1.165, 1.54) is 0 Å². The molecule has 1 aliphatic rings. The number of unbranched alkanes of at least 4 members (excludes halogenated alkanes) is 1. The third kappa shape index (κ3) is 2.84. The van der Waals surface area contributed by atoms with Crippen LogP contribution in [0.25, 0.3) is 0 Å². The van der Waals surface area contributed by atoms with Crippen molar-refractivity contribution in [1.82, 2.24) is 5.43 Å². The fourth-order valence-electron chi connectivity index (χ4n) is 1.70. The molecule has 1 aliphatic heterocycles. The topological polar surface area (TPSA) is 44.7 Å². The van der Waals surface area contributed by atoms with Gasteiger partial charge in [-0.1, -0.05) is 31.5 Å². The second-order valence-electron chi connectivity index (χ2n) is 4.04. The quantitative estimate of drug-likeness (QED) is 0.807. The van der Waals surface area contributed by atoms with Crippen LogP contribution >= 0.6 is 0 Å². The summed E-state index contributed by atoms with van der Waals surface area (Å²) >= 11 is 0. The van der Waals surface area contributed by atoms with E-state index in [1.807, 2.05) is 30.3 Å². The lowest BCUT2D eigenvalue weighted by Crippen LogP contribution is -2.35. The second kappa shape index (κ2) is 5.48. The number of hydrazine groups is 1. The molecule has 1 N–H and O–H groups in total. The Morgan fingerprint density at radius 3 is 2.82 bits per heavy atom. The Labute approximate surface area is 101 Å². The molecule has 1 heterocycles. The molecular weight excluding hydrogens is 214 g/mol. The molecule has 90 valence electrons. The number of nitrogens with one attached hydrogen (secondary N) is 1. The predicted octanol–water partition coefficient (Wildman–Crippen LogP) is 2.13. The third-order valence-electron chi connectivity index (χ3n) is 2.64. The minimum absolute atomic E-state index is 0.0476. The normalized spacial score (nSPS) is 17.6. The molecule has 17 heavy (non-hydrogen) atoms. The summed E-state index contributed by atoms with van der Waals surface area (Å²) < 4.78 is 0. The van der Waals surface area contributed by atoms with E-state index in [1.54, 1.807) is 5.01 Å². The van der Waals surface area contributed by atoms with E-state index in [-0.39, 0.29) is 5.91 Å². The molecule has 4 heteroatoms. The van der Waals surface area contributed by atoms with Crippen molar-refractivity contribution in [2.24, 2.45) is 4.99 Å². The Morgan fingerprint density at radius 1 is 1.35 bits per heavy atom. The van der Waals surface area contributed by atoms with Gasteiger partial charge >= 0.3 is 0 Å². The summed E-state index contributed by atoms with van der Waals surface area (Å²) in [5.74, 6) is 0.818. The van der Waals surface area contributed by atoms with Crippen LogP contribution < -0.4 is 10.4 Å². The van der Waals surface area contributed by atoms with Gasteiger partial charge in [-0.25, -0.2) is 5.01 Å². The predicted molar refractivity (Wildman–Crippen MR) is 68.9 cm³/mol. The highest BCUT2D eigenvalue weighted by Gasteiger charge is 2.26. The number of hydrogen-bond acceptors (Lipinski definition) is 2. The molecule has 0 atom stereocenters. The zero-order valence-electron chi connectivity index (χ0n) is 10.0. The van der Waals surface area contributed by atoms with Crippen molar-refractivity contribution in [2.45, 2.75) is 26.2 Å². The van der Waals surface area contributed by atoms with Gasteiger partial charge in [-0.2, -0.15) is 0 Å².